The van der Waals surface area contributed by atoms with Crippen LogP contribution in [-0.2, 0) is 4.74 Å². The predicted octanol–water partition coefficient (Wildman–Crippen LogP) is 4.35. The van der Waals surface area contributed by atoms with Gasteiger partial charge in [-0.15, -0.1) is 0 Å². The summed E-state index contributed by atoms with van der Waals surface area (Å²) in [6, 6.07) is 5.73. The molecule has 134 valence electrons. The molecule has 3 N–H and O–H groups in total. The molecular weight excluding hydrogens is 359 g/mol. The lowest BCUT2D eigenvalue weighted by Crippen LogP contribution is -2.35. The van der Waals surface area contributed by atoms with Crippen LogP contribution in [0.5, 0.6) is 0 Å². The van der Waals surface area contributed by atoms with Gasteiger partial charge in [0.1, 0.15) is 5.76 Å². The summed E-state index contributed by atoms with van der Waals surface area (Å²) in [4.78, 5) is 0. The number of hydrogen-bond acceptors (Lipinski definition) is 4. The monoisotopic (exact) mass is 380 g/mol. The van der Waals surface area contributed by atoms with Crippen LogP contribution in [0.2, 0.25) is 10.0 Å². The zero-order chi connectivity index (χ0) is 17.6. The Labute approximate surface area is 157 Å². The van der Waals surface area contributed by atoms with Crippen molar-refractivity contribution < 1.29 is 9.84 Å². The minimum atomic E-state index is 0.141. The normalized spacial score (nSPS) is 29.0. The van der Waals surface area contributed by atoms with E-state index in [4.69, 9.17) is 33.3 Å². The van der Waals surface area contributed by atoms with Gasteiger partial charge in [-0.05, 0) is 43.7 Å². The molecule has 3 aliphatic rings. The zero-order valence-corrected chi connectivity index (χ0v) is 15.4. The van der Waals surface area contributed by atoms with Crippen molar-refractivity contribution in [3.63, 3.8) is 0 Å². The number of ether oxygens (including phenoxy) is 1. The third-order valence-electron chi connectivity index (χ3n) is 5.53. The summed E-state index contributed by atoms with van der Waals surface area (Å²) in [6.07, 6.45) is 4.27. The summed E-state index contributed by atoms with van der Waals surface area (Å²) in [5.41, 5.74) is 1.15. The number of nitrogens with one attached hydrogen (secondary N) is 2. The van der Waals surface area contributed by atoms with Crippen LogP contribution in [0.3, 0.4) is 0 Å². The molecule has 0 spiro atoms. The Morgan fingerprint density at radius 1 is 1.24 bits per heavy atom. The van der Waals surface area contributed by atoms with Crippen molar-refractivity contribution in [3.05, 3.63) is 45.1 Å². The fourth-order valence-electron chi connectivity index (χ4n) is 3.95. The van der Waals surface area contributed by atoms with E-state index in [1.54, 1.807) is 18.2 Å². The van der Waals surface area contributed by atoms with Gasteiger partial charge in [0.25, 0.3) is 0 Å². The van der Waals surface area contributed by atoms with Crippen LogP contribution >= 0.6 is 23.2 Å². The average Bonchev–Trinajstić information content (AvgIpc) is 3.23. The molecule has 0 radical (unpaired) electrons. The van der Waals surface area contributed by atoms with Gasteiger partial charge in [-0.2, -0.15) is 0 Å². The molecule has 3 fully saturated rings. The van der Waals surface area contributed by atoms with Crippen LogP contribution in [0.4, 0.5) is 0 Å². The molecule has 2 saturated carbocycles. The first kappa shape index (κ1) is 17.3. The highest BCUT2D eigenvalue weighted by molar-refractivity contribution is 6.41. The van der Waals surface area contributed by atoms with Crippen molar-refractivity contribution in [2.75, 3.05) is 13.2 Å². The van der Waals surface area contributed by atoms with Crippen molar-refractivity contribution in [2.45, 2.75) is 37.8 Å². The molecular formula is C19H22Cl2N2O2. The lowest BCUT2D eigenvalue weighted by Gasteiger charge is -2.24. The maximum absolute atomic E-state index is 10.6. The Balaban J connectivity index is 1.56. The first-order valence-electron chi connectivity index (χ1n) is 8.85. The number of aliphatic hydroxyl groups excluding tert-OH is 1. The predicted molar refractivity (Wildman–Crippen MR) is 99.9 cm³/mol. The van der Waals surface area contributed by atoms with E-state index in [1.165, 1.54) is 0 Å². The third-order valence-corrected chi connectivity index (χ3v) is 6.16. The molecule has 4 nitrogen and oxygen atoms in total. The summed E-state index contributed by atoms with van der Waals surface area (Å²) in [7, 11) is 0. The maximum Gasteiger partial charge on any atom is 0.103 e. The molecule has 1 saturated heterocycles. The molecule has 25 heavy (non-hydrogen) atoms. The van der Waals surface area contributed by atoms with E-state index in [2.05, 4.69) is 5.32 Å². The Morgan fingerprint density at radius 2 is 1.96 bits per heavy atom. The molecule has 6 heteroatoms. The largest absolute Gasteiger partial charge is 0.512 e. The van der Waals surface area contributed by atoms with Gasteiger partial charge in [0.15, 0.2) is 0 Å². The van der Waals surface area contributed by atoms with E-state index in [0.717, 1.165) is 32.2 Å². The zero-order valence-electron chi connectivity index (χ0n) is 13.9. The van der Waals surface area contributed by atoms with Crippen molar-refractivity contribution in [1.82, 2.24) is 5.32 Å². The standard InChI is InChI=1S/C19H22Cl2N2O2/c20-14-2-1-3-15(21)17(14)18(22)13(19(24)10-4-5-10)9-25-16-7-12-6-11(16)8-23-12/h1-3,10-12,16,22-24H,4-9H2/b19-13-,22-18?. The molecule has 1 aliphatic heterocycles. The van der Waals surface area contributed by atoms with E-state index in [9.17, 15) is 5.11 Å². The number of fused-ring (bicyclic) bond motifs is 2. The van der Waals surface area contributed by atoms with E-state index >= 15 is 0 Å². The Morgan fingerprint density at radius 3 is 2.52 bits per heavy atom. The maximum atomic E-state index is 10.6. The Bertz CT molecular complexity index is 710. The molecule has 0 aromatic heterocycles. The number of halogens is 2. The second-order valence-corrected chi connectivity index (χ2v) is 8.11. The summed E-state index contributed by atoms with van der Waals surface area (Å²) in [5, 5.41) is 23.6. The highest BCUT2D eigenvalue weighted by Crippen LogP contribution is 2.39. The SMILES string of the molecule is N=C(/C(COC1CC2CC1CN2)=C(\O)C1CC1)c1c(Cl)cccc1Cl. The van der Waals surface area contributed by atoms with Gasteiger partial charge in [0.2, 0.25) is 0 Å². The van der Waals surface area contributed by atoms with E-state index in [-0.39, 0.29) is 30.1 Å². The Hall–Kier alpha value is -1.07. The van der Waals surface area contributed by atoms with E-state index < -0.39 is 0 Å². The van der Waals surface area contributed by atoms with Crippen LogP contribution < -0.4 is 5.32 Å². The lowest BCUT2D eigenvalue weighted by molar-refractivity contribution is 0.0354. The summed E-state index contributed by atoms with van der Waals surface area (Å²) < 4.78 is 6.14. The second kappa shape index (κ2) is 6.92. The third kappa shape index (κ3) is 3.45. The molecule has 2 bridgehead atoms. The van der Waals surface area contributed by atoms with Crippen molar-refractivity contribution in [1.29, 1.82) is 5.41 Å². The van der Waals surface area contributed by atoms with Gasteiger partial charge in [-0.1, -0.05) is 29.3 Å². The molecule has 1 aromatic rings. The van der Waals surface area contributed by atoms with E-state index in [0.29, 0.717) is 33.1 Å². The number of rotatable bonds is 6. The van der Waals surface area contributed by atoms with Gasteiger partial charge < -0.3 is 15.2 Å². The molecule has 1 aromatic carbocycles. The first-order chi connectivity index (χ1) is 12.0. The molecule has 1 heterocycles. The molecule has 3 unspecified atom stereocenters. The minimum absolute atomic E-state index is 0.141. The number of allylic oxidation sites excluding steroid dienone is 1. The molecule has 2 aliphatic carbocycles. The quantitative estimate of drug-likeness (QED) is 0.507. The fraction of sp³-hybridized carbons (Fsp3) is 0.526. The smallest absolute Gasteiger partial charge is 0.103 e. The first-order valence-corrected chi connectivity index (χ1v) is 9.60. The van der Waals surface area contributed by atoms with Crippen LogP contribution in [-0.4, -0.2) is 36.1 Å². The van der Waals surface area contributed by atoms with Gasteiger partial charge in [0, 0.05) is 29.6 Å². The van der Waals surface area contributed by atoms with Crippen molar-refractivity contribution in [3.8, 4) is 0 Å². The number of benzene rings is 1. The number of piperidine rings is 1. The van der Waals surface area contributed by atoms with Gasteiger partial charge in [-0.25, -0.2) is 0 Å². The van der Waals surface area contributed by atoms with Crippen LogP contribution in [0.1, 0.15) is 31.2 Å². The van der Waals surface area contributed by atoms with Crippen molar-refractivity contribution >= 4 is 28.9 Å². The second-order valence-electron chi connectivity index (χ2n) is 7.30. The van der Waals surface area contributed by atoms with Crippen LogP contribution in [0.15, 0.2) is 29.5 Å². The van der Waals surface area contributed by atoms with Crippen LogP contribution in [0.25, 0.3) is 0 Å². The lowest BCUT2D eigenvalue weighted by atomic mass is 9.99. The average molecular weight is 381 g/mol. The topological polar surface area (TPSA) is 65.3 Å². The van der Waals surface area contributed by atoms with Gasteiger partial charge in [0.05, 0.1) is 28.5 Å². The number of hydrogen-bond donors (Lipinski definition) is 3. The minimum Gasteiger partial charge on any atom is -0.512 e. The van der Waals surface area contributed by atoms with E-state index in [1.807, 2.05) is 0 Å². The highest BCUT2D eigenvalue weighted by atomic mass is 35.5. The highest BCUT2D eigenvalue weighted by Gasteiger charge is 2.40. The van der Waals surface area contributed by atoms with Gasteiger partial charge >= 0.3 is 0 Å². The van der Waals surface area contributed by atoms with Gasteiger partial charge in [-0.3, -0.25) is 5.41 Å². The Kier molecular flexibility index (Phi) is 4.80. The van der Waals surface area contributed by atoms with Crippen LogP contribution in [0, 0.1) is 17.2 Å². The number of aliphatic hydroxyl groups is 1. The molecule has 4 rings (SSSR count). The van der Waals surface area contributed by atoms with Crippen molar-refractivity contribution in [2.24, 2.45) is 11.8 Å². The summed E-state index contributed by atoms with van der Waals surface area (Å²) in [6.45, 7) is 1.23. The summed E-state index contributed by atoms with van der Waals surface area (Å²) >= 11 is 12.5. The molecule has 0 amide bonds. The fourth-order valence-corrected chi connectivity index (χ4v) is 4.53. The molecule has 3 atom stereocenters. The summed E-state index contributed by atoms with van der Waals surface area (Å²) in [5.74, 6) is 0.941.